The van der Waals surface area contributed by atoms with Gasteiger partial charge in [-0.15, -0.1) is 0 Å². The fourth-order valence-corrected chi connectivity index (χ4v) is 5.96. The molecule has 1 saturated heterocycles. The highest BCUT2D eigenvalue weighted by molar-refractivity contribution is 7.89. The quantitative estimate of drug-likeness (QED) is 0.581. The van der Waals surface area contributed by atoms with Crippen LogP contribution in [0, 0.1) is 11.7 Å². The van der Waals surface area contributed by atoms with Crippen LogP contribution in [0.1, 0.15) is 24.8 Å². The minimum absolute atomic E-state index is 0.151. The predicted molar refractivity (Wildman–Crippen MR) is 130 cm³/mol. The van der Waals surface area contributed by atoms with E-state index in [-0.39, 0.29) is 22.5 Å². The lowest BCUT2D eigenvalue weighted by Crippen LogP contribution is -2.47. The number of sulfonamides is 1. The maximum absolute atomic E-state index is 14.0. The van der Waals surface area contributed by atoms with Crippen LogP contribution >= 0.6 is 0 Å². The van der Waals surface area contributed by atoms with Crippen LogP contribution < -0.4 is 14.5 Å². The molecule has 7 nitrogen and oxygen atoms in total. The summed E-state index contributed by atoms with van der Waals surface area (Å²) in [5.41, 5.74) is 2.42. The van der Waals surface area contributed by atoms with Crippen molar-refractivity contribution < 1.29 is 17.6 Å². The van der Waals surface area contributed by atoms with Crippen molar-refractivity contribution in [3.05, 3.63) is 53.8 Å². The van der Waals surface area contributed by atoms with Crippen LogP contribution in [0.5, 0.6) is 0 Å². The minimum atomic E-state index is -3.60. The molecular formula is C25H31FN4O3S. The molecule has 2 aromatic carbocycles. The summed E-state index contributed by atoms with van der Waals surface area (Å²) >= 11 is 0. The lowest BCUT2D eigenvalue weighted by molar-refractivity contribution is -0.119. The molecule has 5 rings (SSSR count). The second-order valence-electron chi connectivity index (χ2n) is 9.34. The molecule has 1 N–H and O–H groups in total. The summed E-state index contributed by atoms with van der Waals surface area (Å²) in [6, 6.07) is 11.9. The Labute approximate surface area is 200 Å². The van der Waals surface area contributed by atoms with Gasteiger partial charge in [0.05, 0.1) is 10.6 Å². The van der Waals surface area contributed by atoms with Crippen molar-refractivity contribution in [3.63, 3.8) is 0 Å². The summed E-state index contributed by atoms with van der Waals surface area (Å²) in [5.74, 6) is 0.125. The summed E-state index contributed by atoms with van der Waals surface area (Å²) in [6.45, 7) is 4.93. The lowest BCUT2D eigenvalue weighted by atomic mass is 10.2. The third-order valence-corrected chi connectivity index (χ3v) is 8.42. The fraction of sp³-hybridized carbons (Fsp3) is 0.480. The lowest BCUT2D eigenvalue weighted by Gasteiger charge is -2.36. The van der Waals surface area contributed by atoms with E-state index in [9.17, 15) is 17.6 Å². The van der Waals surface area contributed by atoms with E-state index in [0.29, 0.717) is 31.6 Å². The number of benzene rings is 2. The van der Waals surface area contributed by atoms with Crippen LogP contribution in [-0.2, 0) is 21.2 Å². The molecular weight excluding hydrogens is 455 g/mol. The number of amides is 1. The SMILES string of the molecule is O=C(C1CC1)N1CCc2cc(S(=O)(=O)NCCCN3CCN(c4ccccc4F)CC3)ccc21. The van der Waals surface area contributed by atoms with Crippen molar-refractivity contribution in [1.82, 2.24) is 9.62 Å². The normalized spacial score (nSPS) is 18.9. The van der Waals surface area contributed by atoms with Gasteiger partial charge in [-0.3, -0.25) is 9.69 Å². The number of nitrogens with one attached hydrogen (secondary N) is 1. The topological polar surface area (TPSA) is 73.0 Å². The van der Waals surface area contributed by atoms with Crippen molar-refractivity contribution in [2.75, 3.05) is 55.6 Å². The first-order chi connectivity index (χ1) is 16.4. The van der Waals surface area contributed by atoms with Gasteiger partial charge in [-0.05, 0) is 68.1 Å². The number of carbonyl (C=O) groups is 1. The largest absolute Gasteiger partial charge is 0.367 e. The second-order valence-corrected chi connectivity index (χ2v) is 11.1. The van der Waals surface area contributed by atoms with Gasteiger partial charge in [-0.2, -0.15) is 0 Å². The van der Waals surface area contributed by atoms with E-state index in [1.165, 1.54) is 6.07 Å². The zero-order valence-electron chi connectivity index (χ0n) is 19.2. The molecule has 2 fully saturated rings. The minimum Gasteiger partial charge on any atom is -0.367 e. The molecule has 0 spiro atoms. The van der Waals surface area contributed by atoms with E-state index in [1.807, 2.05) is 11.0 Å². The standard InChI is InChI=1S/C25H31FN4O3S/c26-22-4-1-2-5-24(22)29-16-14-28(15-17-29)12-3-11-27-34(32,33)21-8-9-23-20(18-21)10-13-30(23)25(31)19-6-7-19/h1-2,4-5,8-9,18-19,27H,3,6-7,10-17H2. The van der Waals surface area contributed by atoms with Gasteiger partial charge in [0.2, 0.25) is 15.9 Å². The van der Waals surface area contributed by atoms with Gasteiger partial charge >= 0.3 is 0 Å². The molecule has 2 aromatic rings. The maximum Gasteiger partial charge on any atom is 0.240 e. The van der Waals surface area contributed by atoms with Gasteiger partial charge in [0, 0.05) is 50.9 Å². The highest BCUT2D eigenvalue weighted by Gasteiger charge is 2.36. The van der Waals surface area contributed by atoms with Gasteiger partial charge in [0.1, 0.15) is 5.82 Å². The van der Waals surface area contributed by atoms with Crippen LogP contribution in [0.2, 0.25) is 0 Å². The Hall–Kier alpha value is -2.49. The molecule has 1 amide bonds. The molecule has 9 heteroatoms. The zero-order chi connectivity index (χ0) is 23.7. The molecule has 1 saturated carbocycles. The first kappa shape index (κ1) is 23.3. The average molecular weight is 487 g/mol. The summed E-state index contributed by atoms with van der Waals surface area (Å²) in [4.78, 5) is 18.8. The molecule has 0 aromatic heterocycles. The second kappa shape index (κ2) is 9.64. The van der Waals surface area contributed by atoms with E-state index in [0.717, 1.165) is 56.8 Å². The molecule has 0 atom stereocenters. The molecule has 0 unspecified atom stereocenters. The van der Waals surface area contributed by atoms with Crippen molar-refractivity contribution in [3.8, 4) is 0 Å². The number of anilines is 2. The van der Waals surface area contributed by atoms with E-state index >= 15 is 0 Å². The first-order valence-corrected chi connectivity index (χ1v) is 13.6. The molecule has 0 bridgehead atoms. The van der Waals surface area contributed by atoms with Crippen LogP contribution in [0.3, 0.4) is 0 Å². The van der Waals surface area contributed by atoms with Crippen LogP contribution in [0.25, 0.3) is 0 Å². The van der Waals surface area contributed by atoms with Gasteiger partial charge in [0.15, 0.2) is 0 Å². The fourth-order valence-electron chi connectivity index (χ4n) is 4.84. The number of rotatable bonds is 8. The van der Waals surface area contributed by atoms with E-state index < -0.39 is 10.0 Å². The number of hydrogen-bond donors (Lipinski definition) is 1. The van der Waals surface area contributed by atoms with E-state index in [4.69, 9.17) is 0 Å². The molecule has 3 aliphatic rings. The van der Waals surface area contributed by atoms with Crippen LogP contribution in [0.4, 0.5) is 15.8 Å². The average Bonchev–Trinajstić information content (AvgIpc) is 3.61. The highest BCUT2D eigenvalue weighted by atomic mass is 32.2. The maximum atomic E-state index is 14.0. The molecule has 182 valence electrons. The first-order valence-electron chi connectivity index (χ1n) is 12.1. The van der Waals surface area contributed by atoms with E-state index in [1.54, 1.807) is 30.3 Å². The monoisotopic (exact) mass is 486 g/mol. The Bertz CT molecular complexity index is 1160. The summed E-state index contributed by atoms with van der Waals surface area (Å²) in [5, 5.41) is 0. The Balaban J connectivity index is 1.09. The smallest absolute Gasteiger partial charge is 0.240 e. The Kier molecular flexibility index (Phi) is 6.59. The van der Waals surface area contributed by atoms with Crippen molar-refractivity contribution in [2.45, 2.75) is 30.6 Å². The highest BCUT2D eigenvalue weighted by Crippen LogP contribution is 2.37. The summed E-state index contributed by atoms with van der Waals surface area (Å²) in [6.07, 6.45) is 3.31. The molecule has 2 heterocycles. The van der Waals surface area contributed by atoms with Crippen molar-refractivity contribution >= 4 is 27.3 Å². The number of piperazine rings is 1. The third kappa shape index (κ3) is 4.96. The number of fused-ring (bicyclic) bond motifs is 1. The number of nitrogens with zero attached hydrogens (tertiary/aromatic N) is 3. The zero-order valence-corrected chi connectivity index (χ0v) is 20.1. The van der Waals surface area contributed by atoms with E-state index in [2.05, 4.69) is 14.5 Å². The number of para-hydroxylation sites is 1. The molecule has 0 radical (unpaired) electrons. The van der Waals surface area contributed by atoms with Gasteiger partial charge < -0.3 is 9.80 Å². The number of halogens is 1. The van der Waals surface area contributed by atoms with Gasteiger partial charge in [-0.25, -0.2) is 17.5 Å². The summed E-state index contributed by atoms with van der Waals surface area (Å²) < 4.78 is 42.3. The van der Waals surface area contributed by atoms with Crippen molar-refractivity contribution in [1.29, 1.82) is 0 Å². The Morgan fingerprint density at radius 1 is 1.00 bits per heavy atom. The molecule has 2 aliphatic heterocycles. The molecule has 34 heavy (non-hydrogen) atoms. The third-order valence-electron chi connectivity index (χ3n) is 6.96. The van der Waals surface area contributed by atoms with Gasteiger partial charge in [-0.1, -0.05) is 12.1 Å². The van der Waals surface area contributed by atoms with Crippen LogP contribution in [-0.4, -0.2) is 65.0 Å². The summed E-state index contributed by atoms with van der Waals surface area (Å²) in [7, 11) is -3.60. The van der Waals surface area contributed by atoms with Gasteiger partial charge in [0.25, 0.3) is 0 Å². The Morgan fingerprint density at radius 3 is 2.50 bits per heavy atom. The molecule has 1 aliphatic carbocycles. The van der Waals surface area contributed by atoms with Crippen molar-refractivity contribution in [2.24, 2.45) is 5.92 Å². The number of carbonyl (C=O) groups excluding carboxylic acids is 1. The Morgan fingerprint density at radius 2 is 1.76 bits per heavy atom. The number of hydrogen-bond acceptors (Lipinski definition) is 5. The predicted octanol–water partition coefficient (Wildman–Crippen LogP) is 2.62. The van der Waals surface area contributed by atoms with Crippen LogP contribution in [0.15, 0.2) is 47.4 Å².